The fraction of sp³-hybridized carbons (Fsp3) is 0.188. The van der Waals surface area contributed by atoms with E-state index < -0.39 is 26.0 Å². The van der Waals surface area contributed by atoms with Crippen LogP contribution in [0.25, 0.3) is 0 Å². The fourth-order valence-corrected chi connectivity index (χ4v) is 4.43. The third kappa shape index (κ3) is 4.66. The maximum Gasteiger partial charge on any atom is 0.255 e. The lowest BCUT2D eigenvalue weighted by Gasteiger charge is -2.15. The number of nitrogens with zero attached hydrogens (tertiary/aromatic N) is 1. The van der Waals surface area contributed by atoms with Gasteiger partial charge < -0.3 is 5.32 Å². The zero-order valence-electron chi connectivity index (χ0n) is 14.7. The molecule has 0 unspecified atom stereocenters. The van der Waals surface area contributed by atoms with Gasteiger partial charge in [0.1, 0.15) is 4.90 Å². The molecule has 0 spiro atoms. The second kappa shape index (κ2) is 7.56. The molecule has 2 rings (SSSR count). The standard InChI is InChI=1S/C16H18ClN3O5S2/c1-10-4-6-12(9-14(10)27(24,25)20(2)3)19-16(21)11-5-7-13(17)15(8-11)26(18,22)23/h4-9H,1-3H3,(H,19,21)(H2,18,22,23). The quantitative estimate of drug-likeness (QED) is 0.746. The SMILES string of the molecule is Cc1ccc(NC(=O)c2ccc(Cl)c(S(N)(=O)=O)c2)cc1S(=O)(=O)N(C)C. The van der Waals surface area contributed by atoms with Crippen molar-refractivity contribution in [3.05, 3.63) is 52.5 Å². The van der Waals surface area contributed by atoms with Crippen LogP contribution in [-0.2, 0) is 20.0 Å². The van der Waals surface area contributed by atoms with Gasteiger partial charge in [-0.3, -0.25) is 4.79 Å². The molecule has 2 aromatic carbocycles. The van der Waals surface area contributed by atoms with E-state index in [-0.39, 0.29) is 26.1 Å². The number of carbonyl (C=O) groups is 1. The van der Waals surface area contributed by atoms with Gasteiger partial charge in [-0.1, -0.05) is 17.7 Å². The largest absolute Gasteiger partial charge is 0.322 e. The third-order valence-corrected chi connectivity index (χ3v) is 7.05. The minimum Gasteiger partial charge on any atom is -0.322 e. The number of nitrogens with one attached hydrogen (secondary N) is 1. The molecule has 8 nitrogen and oxygen atoms in total. The van der Waals surface area contributed by atoms with E-state index in [1.807, 2.05) is 0 Å². The van der Waals surface area contributed by atoms with Crippen molar-refractivity contribution in [2.24, 2.45) is 5.14 Å². The lowest BCUT2D eigenvalue weighted by Crippen LogP contribution is -2.23. The van der Waals surface area contributed by atoms with Crippen LogP contribution >= 0.6 is 11.6 Å². The zero-order chi connectivity index (χ0) is 20.6. The molecule has 0 heterocycles. The number of sulfonamides is 2. The first-order valence-electron chi connectivity index (χ1n) is 7.51. The monoisotopic (exact) mass is 431 g/mol. The number of primary sulfonamides is 1. The topological polar surface area (TPSA) is 127 Å². The smallest absolute Gasteiger partial charge is 0.255 e. The molecule has 3 N–H and O–H groups in total. The molecule has 0 aromatic heterocycles. The summed E-state index contributed by atoms with van der Waals surface area (Å²) in [5.41, 5.74) is 0.754. The van der Waals surface area contributed by atoms with Crippen molar-refractivity contribution in [2.75, 3.05) is 19.4 Å². The van der Waals surface area contributed by atoms with E-state index in [0.29, 0.717) is 5.56 Å². The van der Waals surface area contributed by atoms with Crippen LogP contribution < -0.4 is 10.5 Å². The third-order valence-electron chi connectivity index (χ3n) is 3.70. The van der Waals surface area contributed by atoms with Gasteiger partial charge >= 0.3 is 0 Å². The van der Waals surface area contributed by atoms with E-state index in [4.69, 9.17) is 16.7 Å². The zero-order valence-corrected chi connectivity index (χ0v) is 17.1. The Morgan fingerprint density at radius 2 is 1.67 bits per heavy atom. The minimum absolute atomic E-state index is 0.000941. The van der Waals surface area contributed by atoms with Crippen molar-refractivity contribution in [1.82, 2.24) is 4.31 Å². The Morgan fingerprint density at radius 1 is 1.04 bits per heavy atom. The molecule has 146 valence electrons. The number of nitrogens with two attached hydrogens (primary N) is 1. The summed E-state index contributed by atoms with van der Waals surface area (Å²) < 4.78 is 48.9. The van der Waals surface area contributed by atoms with Crippen molar-refractivity contribution in [1.29, 1.82) is 0 Å². The molecular formula is C16H18ClN3O5S2. The number of amides is 1. The summed E-state index contributed by atoms with van der Waals surface area (Å²) in [4.78, 5) is 12.1. The summed E-state index contributed by atoms with van der Waals surface area (Å²) in [6.45, 7) is 1.64. The molecule has 1 amide bonds. The van der Waals surface area contributed by atoms with Gasteiger partial charge in [-0.05, 0) is 42.8 Å². The first kappa shape index (κ1) is 21.3. The molecular weight excluding hydrogens is 414 g/mol. The van der Waals surface area contributed by atoms with Crippen LogP contribution in [-0.4, -0.2) is 41.1 Å². The molecule has 0 fully saturated rings. The minimum atomic E-state index is -4.10. The summed E-state index contributed by atoms with van der Waals surface area (Å²) in [7, 11) is -4.98. The van der Waals surface area contributed by atoms with Crippen molar-refractivity contribution in [2.45, 2.75) is 16.7 Å². The lowest BCUT2D eigenvalue weighted by molar-refractivity contribution is 0.102. The Bertz CT molecular complexity index is 1110. The molecule has 0 aliphatic heterocycles. The molecule has 0 saturated heterocycles. The summed E-state index contributed by atoms with van der Waals surface area (Å²) in [6.07, 6.45) is 0. The van der Waals surface area contributed by atoms with Crippen molar-refractivity contribution in [3.8, 4) is 0 Å². The lowest BCUT2D eigenvalue weighted by atomic mass is 10.2. The van der Waals surface area contributed by atoms with Gasteiger partial charge in [-0.15, -0.1) is 0 Å². The molecule has 0 aliphatic carbocycles. The molecule has 0 bridgehead atoms. The first-order valence-corrected chi connectivity index (χ1v) is 10.9. The normalized spacial score (nSPS) is 12.2. The second-order valence-electron chi connectivity index (χ2n) is 5.91. The van der Waals surface area contributed by atoms with Gasteiger partial charge in [0, 0.05) is 25.3 Å². The number of carbonyl (C=O) groups excluding carboxylic acids is 1. The Balaban J connectivity index is 2.40. The molecule has 0 radical (unpaired) electrons. The summed E-state index contributed by atoms with van der Waals surface area (Å²) in [6, 6.07) is 8.06. The summed E-state index contributed by atoms with van der Waals surface area (Å²) in [5, 5.41) is 7.50. The van der Waals surface area contributed by atoms with E-state index in [1.54, 1.807) is 19.1 Å². The number of aryl methyl sites for hydroxylation is 1. The van der Waals surface area contributed by atoms with Crippen LogP contribution in [0.15, 0.2) is 46.2 Å². The average Bonchev–Trinajstić information content (AvgIpc) is 2.55. The number of anilines is 1. The summed E-state index contributed by atoms with van der Waals surface area (Å²) >= 11 is 5.80. The first-order chi connectivity index (χ1) is 12.3. The van der Waals surface area contributed by atoms with Gasteiger partial charge in [-0.25, -0.2) is 26.3 Å². The molecule has 2 aromatic rings. The van der Waals surface area contributed by atoms with Crippen LogP contribution in [0.1, 0.15) is 15.9 Å². The van der Waals surface area contributed by atoms with Crippen molar-refractivity contribution >= 4 is 43.2 Å². The Labute approximate surface area is 163 Å². The molecule has 27 heavy (non-hydrogen) atoms. The Kier molecular flexibility index (Phi) is 5.97. The number of halogens is 1. The number of rotatable bonds is 5. The number of benzene rings is 2. The van der Waals surface area contributed by atoms with E-state index in [1.165, 1.54) is 32.3 Å². The van der Waals surface area contributed by atoms with E-state index >= 15 is 0 Å². The highest BCUT2D eigenvalue weighted by Crippen LogP contribution is 2.24. The van der Waals surface area contributed by atoms with Crippen LogP contribution in [0, 0.1) is 6.92 Å². The van der Waals surface area contributed by atoms with Crippen molar-refractivity contribution in [3.63, 3.8) is 0 Å². The van der Waals surface area contributed by atoms with Gasteiger partial charge in [0.15, 0.2) is 0 Å². The van der Waals surface area contributed by atoms with Crippen LogP contribution in [0.2, 0.25) is 5.02 Å². The highest BCUT2D eigenvalue weighted by molar-refractivity contribution is 7.89. The van der Waals surface area contributed by atoms with Gasteiger partial charge in [0.25, 0.3) is 5.91 Å². The van der Waals surface area contributed by atoms with Gasteiger partial charge in [0.2, 0.25) is 20.0 Å². The molecule has 0 aliphatic rings. The Hall–Kier alpha value is -1.98. The Morgan fingerprint density at radius 3 is 2.22 bits per heavy atom. The number of hydrogen-bond donors (Lipinski definition) is 2. The van der Waals surface area contributed by atoms with Crippen LogP contribution in [0.5, 0.6) is 0 Å². The van der Waals surface area contributed by atoms with Gasteiger partial charge in [0.05, 0.1) is 9.92 Å². The molecule has 0 saturated carbocycles. The molecule has 0 atom stereocenters. The van der Waals surface area contributed by atoms with Crippen LogP contribution in [0.4, 0.5) is 5.69 Å². The van der Waals surface area contributed by atoms with Crippen LogP contribution in [0.3, 0.4) is 0 Å². The second-order valence-corrected chi connectivity index (χ2v) is 9.97. The molecule has 11 heteroatoms. The summed E-state index contributed by atoms with van der Waals surface area (Å²) in [5.74, 6) is -0.645. The predicted molar refractivity (Wildman–Crippen MR) is 103 cm³/mol. The number of hydrogen-bond acceptors (Lipinski definition) is 5. The average molecular weight is 432 g/mol. The highest BCUT2D eigenvalue weighted by Gasteiger charge is 2.21. The van der Waals surface area contributed by atoms with E-state index in [0.717, 1.165) is 10.4 Å². The maximum absolute atomic E-state index is 12.4. The highest BCUT2D eigenvalue weighted by atomic mass is 35.5. The maximum atomic E-state index is 12.4. The van der Waals surface area contributed by atoms with Crippen molar-refractivity contribution < 1.29 is 21.6 Å². The van der Waals surface area contributed by atoms with E-state index in [9.17, 15) is 21.6 Å². The van der Waals surface area contributed by atoms with E-state index in [2.05, 4.69) is 5.32 Å². The fourth-order valence-electron chi connectivity index (χ4n) is 2.22. The van der Waals surface area contributed by atoms with Gasteiger partial charge in [-0.2, -0.15) is 0 Å². The predicted octanol–water partition coefficient (Wildman–Crippen LogP) is 1.80.